The van der Waals surface area contributed by atoms with Crippen molar-refractivity contribution in [3.05, 3.63) is 34.4 Å². The van der Waals surface area contributed by atoms with Crippen LogP contribution in [0.4, 0.5) is 0 Å². The second kappa shape index (κ2) is 4.98. The molecule has 0 spiro atoms. The molecule has 0 amide bonds. The number of nitrogens with zero attached hydrogens (tertiary/aromatic N) is 1. The molecule has 0 aromatic heterocycles. The molecular formula is C17H26N2. The lowest BCUT2D eigenvalue weighted by atomic mass is 9.77. The van der Waals surface area contributed by atoms with Crippen molar-refractivity contribution >= 4 is 0 Å². The van der Waals surface area contributed by atoms with E-state index in [1.165, 1.54) is 16.7 Å². The molecule has 1 rings (SSSR count). The fourth-order valence-corrected chi connectivity index (χ4v) is 2.33. The smallest absolute Gasteiger partial charge is 0.0710 e. The van der Waals surface area contributed by atoms with Gasteiger partial charge in [0.25, 0.3) is 0 Å². The molecule has 0 saturated carbocycles. The van der Waals surface area contributed by atoms with E-state index < -0.39 is 5.41 Å². The second-order valence-electron chi connectivity index (χ2n) is 7.08. The molecule has 2 nitrogen and oxygen atoms in total. The molecule has 0 fully saturated rings. The van der Waals surface area contributed by atoms with Gasteiger partial charge in [-0.05, 0) is 55.4 Å². The van der Waals surface area contributed by atoms with E-state index in [9.17, 15) is 5.26 Å². The number of nitrogens with two attached hydrogens (primary N) is 1. The van der Waals surface area contributed by atoms with Gasteiger partial charge in [-0.25, -0.2) is 0 Å². The quantitative estimate of drug-likeness (QED) is 0.866. The summed E-state index contributed by atoms with van der Waals surface area (Å²) >= 11 is 0. The molecule has 1 atom stereocenters. The summed E-state index contributed by atoms with van der Waals surface area (Å²) in [7, 11) is 0. The van der Waals surface area contributed by atoms with Crippen LogP contribution >= 0.6 is 0 Å². The van der Waals surface area contributed by atoms with E-state index in [0.29, 0.717) is 0 Å². The Morgan fingerprint density at radius 1 is 1.05 bits per heavy atom. The highest BCUT2D eigenvalue weighted by Crippen LogP contribution is 2.36. The van der Waals surface area contributed by atoms with Crippen molar-refractivity contribution in [1.82, 2.24) is 0 Å². The third-order valence-corrected chi connectivity index (χ3v) is 3.84. The van der Waals surface area contributed by atoms with E-state index in [1.54, 1.807) is 0 Å². The van der Waals surface area contributed by atoms with Gasteiger partial charge in [0.05, 0.1) is 11.5 Å². The SMILES string of the molecule is Cc1cc(C(C)(C)C)cc(C)c1C(N)C(C)(C)C#N. The van der Waals surface area contributed by atoms with Gasteiger partial charge in [0.2, 0.25) is 0 Å². The van der Waals surface area contributed by atoms with E-state index in [1.807, 2.05) is 13.8 Å². The molecule has 0 aliphatic heterocycles. The van der Waals surface area contributed by atoms with Gasteiger partial charge in [-0.15, -0.1) is 0 Å². The normalized spacial score (nSPS) is 14.1. The first kappa shape index (κ1) is 15.7. The molecule has 19 heavy (non-hydrogen) atoms. The Hall–Kier alpha value is -1.33. The average molecular weight is 258 g/mol. The molecule has 104 valence electrons. The summed E-state index contributed by atoms with van der Waals surface area (Å²) < 4.78 is 0. The molecule has 1 aromatic rings. The Balaban J connectivity index is 3.38. The molecule has 0 heterocycles. The molecule has 1 aromatic carbocycles. The lowest BCUT2D eigenvalue weighted by molar-refractivity contribution is 0.391. The maximum atomic E-state index is 9.26. The number of benzene rings is 1. The summed E-state index contributed by atoms with van der Waals surface area (Å²) in [5.74, 6) is 0. The number of hydrogen-bond acceptors (Lipinski definition) is 2. The molecule has 0 radical (unpaired) electrons. The van der Waals surface area contributed by atoms with Crippen LogP contribution in [0.15, 0.2) is 12.1 Å². The molecule has 0 aliphatic rings. The summed E-state index contributed by atoms with van der Waals surface area (Å²) in [6.45, 7) is 14.6. The van der Waals surface area contributed by atoms with Crippen LogP contribution in [0.5, 0.6) is 0 Å². The number of nitriles is 1. The summed E-state index contributed by atoms with van der Waals surface area (Å²) in [5.41, 5.74) is 10.7. The van der Waals surface area contributed by atoms with Crippen LogP contribution in [-0.4, -0.2) is 0 Å². The van der Waals surface area contributed by atoms with Crippen molar-refractivity contribution in [3.8, 4) is 6.07 Å². The highest BCUT2D eigenvalue weighted by molar-refractivity contribution is 5.43. The molecule has 0 saturated heterocycles. The van der Waals surface area contributed by atoms with Gasteiger partial charge in [-0.2, -0.15) is 5.26 Å². The molecule has 0 aliphatic carbocycles. The Kier molecular flexibility index (Phi) is 4.12. The molecule has 1 unspecified atom stereocenters. The predicted octanol–water partition coefficient (Wildman–Crippen LogP) is 4.15. The topological polar surface area (TPSA) is 49.8 Å². The Labute approximate surface area is 117 Å². The van der Waals surface area contributed by atoms with Crippen molar-refractivity contribution in [2.24, 2.45) is 11.1 Å². The molecule has 0 bridgehead atoms. The zero-order chi connectivity index (χ0) is 15.0. The van der Waals surface area contributed by atoms with Gasteiger partial charge < -0.3 is 5.73 Å². The van der Waals surface area contributed by atoms with E-state index in [-0.39, 0.29) is 11.5 Å². The second-order valence-corrected chi connectivity index (χ2v) is 7.08. The summed E-state index contributed by atoms with van der Waals surface area (Å²) in [6, 6.07) is 6.46. The summed E-state index contributed by atoms with van der Waals surface area (Å²) in [4.78, 5) is 0. The Morgan fingerprint density at radius 2 is 1.47 bits per heavy atom. The van der Waals surface area contributed by atoms with Crippen LogP contribution in [0.25, 0.3) is 0 Å². The van der Waals surface area contributed by atoms with Crippen molar-refractivity contribution in [1.29, 1.82) is 5.26 Å². The van der Waals surface area contributed by atoms with Crippen molar-refractivity contribution in [2.45, 2.75) is 59.9 Å². The summed E-state index contributed by atoms with van der Waals surface area (Å²) in [6.07, 6.45) is 0. The van der Waals surface area contributed by atoms with Gasteiger partial charge in [-0.1, -0.05) is 32.9 Å². The Bertz CT molecular complexity index is 490. The zero-order valence-electron chi connectivity index (χ0n) is 13.3. The van der Waals surface area contributed by atoms with Crippen LogP contribution in [0.1, 0.15) is 62.9 Å². The highest BCUT2D eigenvalue weighted by Gasteiger charge is 2.30. The largest absolute Gasteiger partial charge is 0.323 e. The number of rotatable bonds is 2. The van der Waals surface area contributed by atoms with Crippen LogP contribution in [0.2, 0.25) is 0 Å². The minimum Gasteiger partial charge on any atom is -0.323 e. The number of aryl methyl sites for hydroxylation is 2. The first-order valence-corrected chi connectivity index (χ1v) is 6.79. The minimum absolute atomic E-state index is 0.128. The minimum atomic E-state index is -0.557. The zero-order valence-corrected chi connectivity index (χ0v) is 13.3. The van der Waals surface area contributed by atoms with Crippen LogP contribution in [-0.2, 0) is 5.41 Å². The average Bonchev–Trinajstić information content (AvgIpc) is 2.26. The first-order chi connectivity index (χ1) is 8.50. The fourth-order valence-electron chi connectivity index (χ4n) is 2.33. The fraction of sp³-hybridized carbons (Fsp3) is 0.588. The van der Waals surface area contributed by atoms with Gasteiger partial charge in [0.1, 0.15) is 0 Å². The Morgan fingerprint density at radius 3 is 1.79 bits per heavy atom. The van der Waals surface area contributed by atoms with Crippen molar-refractivity contribution in [2.75, 3.05) is 0 Å². The molecular weight excluding hydrogens is 232 g/mol. The highest BCUT2D eigenvalue weighted by atomic mass is 14.7. The van der Waals surface area contributed by atoms with Crippen molar-refractivity contribution in [3.63, 3.8) is 0 Å². The van der Waals surface area contributed by atoms with E-state index in [4.69, 9.17) is 5.73 Å². The van der Waals surface area contributed by atoms with Gasteiger partial charge >= 0.3 is 0 Å². The maximum absolute atomic E-state index is 9.26. The van der Waals surface area contributed by atoms with Crippen LogP contribution in [0, 0.1) is 30.6 Å². The third-order valence-electron chi connectivity index (χ3n) is 3.84. The molecule has 2 N–H and O–H groups in total. The van der Waals surface area contributed by atoms with Crippen LogP contribution < -0.4 is 5.73 Å². The lowest BCUT2D eigenvalue weighted by Crippen LogP contribution is -2.29. The maximum Gasteiger partial charge on any atom is 0.0710 e. The van der Waals surface area contributed by atoms with E-state index >= 15 is 0 Å². The summed E-state index contributed by atoms with van der Waals surface area (Å²) in [5, 5.41) is 9.26. The van der Waals surface area contributed by atoms with Crippen LogP contribution in [0.3, 0.4) is 0 Å². The lowest BCUT2D eigenvalue weighted by Gasteiger charge is -2.29. The molecule has 2 heteroatoms. The number of hydrogen-bond donors (Lipinski definition) is 1. The van der Waals surface area contributed by atoms with E-state index in [0.717, 1.165) is 5.56 Å². The van der Waals surface area contributed by atoms with Crippen molar-refractivity contribution < 1.29 is 0 Å². The standard InChI is InChI=1S/C17H26N2/c1-11-8-13(16(3,4)5)9-12(2)14(11)15(19)17(6,7)10-18/h8-9,15H,19H2,1-7H3. The first-order valence-electron chi connectivity index (χ1n) is 6.79. The third kappa shape index (κ3) is 3.16. The van der Waals surface area contributed by atoms with Gasteiger partial charge in [0.15, 0.2) is 0 Å². The van der Waals surface area contributed by atoms with Gasteiger partial charge in [-0.3, -0.25) is 0 Å². The van der Waals surface area contributed by atoms with E-state index in [2.05, 4.69) is 52.8 Å². The predicted molar refractivity (Wildman–Crippen MR) is 80.9 cm³/mol. The van der Waals surface area contributed by atoms with Gasteiger partial charge in [0, 0.05) is 6.04 Å². The monoisotopic (exact) mass is 258 g/mol.